The zero-order valence-corrected chi connectivity index (χ0v) is 12.5. The molecule has 3 heteroatoms. The Morgan fingerprint density at radius 1 is 1.14 bits per heavy atom. The molecule has 3 rings (SSSR count). The van der Waals surface area contributed by atoms with Crippen LogP contribution in [0.15, 0.2) is 48.5 Å². The SMILES string of the molecule is CN(Cc1cccc(CN)c1)CC1Cc2ccccc2O1. The third kappa shape index (κ3) is 3.43. The first-order valence-corrected chi connectivity index (χ1v) is 7.45. The molecule has 0 aromatic heterocycles. The van der Waals surface area contributed by atoms with Gasteiger partial charge in [-0.15, -0.1) is 0 Å². The van der Waals surface area contributed by atoms with E-state index in [1.807, 2.05) is 6.07 Å². The van der Waals surface area contributed by atoms with Crippen LogP contribution >= 0.6 is 0 Å². The normalized spacial score (nSPS) is 16.8. The summed E-state index contributed by atoms with van der Waals surface area (Å²) in [5.41, 5.74) is 9.50. The molecule has 0 spiro atoms. The Hall–Kier alpha value is -1.84. The van der Waals surface area contributed by atoms with E-state index in [2.05, 4.69) is 54.4 Å². The number of ether oxygens (including phenoxy) is 1. The first-order valence-electron chi connectivity index (χ1n) is 7.45. The summed E-state index contributed by atoms with van der Waals surface area (Å²) in [5, 5.41) is 0. The van der Waals surface area contributed by atoms with Crippen molar-refractivity contribution < 1.29 is 4.74 Å². The summed E-state index contributed by atoms with van der Waals surface area (Å²) < 4.78 is 6.00. The van der Waals surface area contributed by atoms with Gasteiger partial charge in [0.25, 0.3) is 0 Å². The molecule has 0 radical (unpaired) electrons. The van der Waals surface area contributed by atoms with Crippen molar-refractivity contribution in [2.24, 2.45) is 5.73 Å². The van der Waals surface area contributed by atoms with Gasteiger partial charge in [-0.2, -0.15) is 0 Å². The molecule has 2 aromatic rings. The number of likely N-dealkylation sites (N-methyl/N-ethyl adjacent to an activating group) is 1. The zero-order valence-electron chi connectivity index (χ0n) is 12.5. The molecule has 0 amide bonds. The van der Waals surface area contributed by atoms with E-state index in [9.17, 15) is 0 Å². The van der Waals surface area contributed by atoms with Crippen molar-refractivity contribution in [1.29, 1.82) is 0 Å². The van der Waals surface area contributed by atoms with Crippen LogP contribution in [0.1, 0.15) is 16.7 Å². The first-order chi connectivity index (χ1) is 10.2. The summed E-state index contributed by atoms with van der Waals surface area (Å²) in [6, 6.07) is 16.8. The fourth-order valence-electron chi connectivity index (χ4n) is 2.93. The maximum Gasteiger partial charge on any atom is 0.123 e. The molecule has 21 heavy (non-hydrogen) atoms. The molecule has 0 saturated heterocycles. The third-order valence-electron chi connectivity index (χ3n) is 3.91. The van der Waals surface area contributed by atoms with Crippen molar-refractivity contribution in [2.45, 2.75) is 25.6 Å². The molecule has 0 aliphatic carbocycles. The van der Waals surface area contributed by atoms with E-state index in [0.29, 0.717) is 6.54 Å². The maximum absolute atomic E-state index is 6.00. The minimum atomic E-state index is 0.255. The standard InChI is InChI=1S/C18H22N2O/c1-20(12-15-6-4-5-14(9-15)11-19)13-17-10-16-7-2-3-8-18(16)21-17/h2-9,17H,10-13,19H2,1H3. The van der Waals surface area contributed by atoms with Gasteiger partial charge in [0.15, 0.2) is 0 Å². The Kier molecular flexibility index (Phi) is 4.23. The van der Waals surface area contributed by atoms with Gasteiger partial charge in [0.1, 0.15) is 11.9 Å². The van der Waals surface area contributed by atoms with E-state index >= 15 is 0 Å². The molecule has 0 bridgehead atoms. The Bertz CT molecular complexity index is 587. The molecule has 0 fully saturated rings. The number of para-hydroxylation sites is 1. The fraction of sp³-hybridized carbons (Fsp3) is 0.333. The topological polar surface area (TPSA) is 38.5 Å². The number of nitrogens with zero attached hydrogens (tertiary/aromatic N) is 1. The van der Waals surface area contributed by atoms with E-state index in [0.717, 1.165) is 25.3 Å². The fourth-order valence-corrected chi connectivity index (χ4v) is 2.93. The minimum absolute atomic E-state index is 0.255. The molecule has 2 N–H and O–H groups in total. The number of nitrogens with two attached hydrogens (primary N) is 1. The highest BCUT2D eigenvalue weighted by Crippen LogP contribution is 2.28. The van der Waals surface area contributed by atoms with Crippen LogP contribution in [0.25, 0.3) is 0 Å². The maximum atomic E-state index is 6.00. The van der Waals surface area contributed by atoms with Crippen molar-refractivity contribution >= 4 is 0 Å². The molecule has 110 valence electrons. The van der Waals surface area contributed by atoms with Crippen LogP contribution in [-0.2, 0) is 19.5 Å². The van der Waals surface area contributed by atoms with Crippen LogP contribution in [-0.4, -0.2) is 24.6 Å². The van der Waals surface area contributed by atoms with Gasteiger partial charge in [-0.1, -0.05) is 42.5 Å². The molecule has 1 heterocycles. The summed E-state index contributed by atoms with van der Waals surface area (Å²) in [5.74, 6) is 1.04. The Balaban J connectivity index is 1.56. The van der Waals surface area contributed by atoms with Crippen LogP contribution in [0.4, 0.5) is 0 Å². The van der Waals surface area contributed by atoms with Crippen LogP contribution in [0.3, 0.4) is 0 Å². The van der Waals surface area contributed by atoms with Gasteiger partial charge in [-0.05, 0) is 29.8 Å². The number of benzene rings is 2. The second-order valence-electron chi connectivity index (χ2n) is 5.77. The molecule has 1 unspecified atom stereocenters. The predicted molar refractivity (Wildman–Crippen MR) is 85.2 cm³/mol. The lowest BCUT2D eigenvalue weighted by molar-refractivity contribution is 0.165. The van der Waals surface area contributed by atoms with Crippen LogP contribution in [0.2, 0.25) is 0 Å². The van der Waals surface area contributed by atoms with Crippen molar-refractivity contribution in [3.05, 3.63) is 65.2 Å². The van der Waals surface area contributed by atoms with Crippen molar-refractivity contribution in [3.63, 3.8) is 0 Å². The Morgan fingerprint density at radius 3 is 2.76 bits per heavy atom. The second-order valence-corrected chi connectivity index (χ2v) is 5.77. The molecule has 0 saturated carbocycles. The van der Waals surface area contributed by atoms with E-state index in [4.69, 9.17) is 10.5 Å². The largest absolute Gasteiger partial charge is 0.488 e. The van der Waals surface area contributed by atoms with Crippen LogP contribution < -0.4 is 10.5 Å². The van der Waals surface area contributed by atoms with Gasteiger partial charge in [-0.3, -0.25) is 4.90 Å². The lowest BCUT2D eigenvalue weighted by Gasteiger charge is -2.21. The first kappa shape index (κ1) is 14.1. The third-order valence-corrected chi connectivity index (χ3v) is 3.91. The molecular formula is C18H22N2O. The van der Waals surface area contributed by atoms with Crippen molar-refractivity contribution in [1.82, 2.24) is 4.90 Å². The lowest BCUT2D eigenvalue weighted by Crippen LogP contribution is -2.31. The zero-order chi connectivity index (χ0) is 14.7. The Labute approximate surface area is 126 Å². The number of rotatable bonds is 5. The van der Waals surface area contributed by atoms with E-state index in [-0.39, 0.29) is 6.10 Å². The summed E-state index contributed by atoms with van der Waals surface area (Å²) in [7, 11) is 2.14. The van der Waals surface area contributed by atoms with Gasteiger partial charge in [0.2, 0.25) is 0 Å². The molecule has 1 aliphatic rings. The van der Waals surface area contributed by atoms with Crippen LogP contribution in [0, 0.1) is 0 Å². The highest BCUT2D eigenvalue weighted by Gasteiger charge is 2.23. The van der Waals surface area contributed by atoms with Crippen molar-refractivity contribution in [3.8, 4) is 5.75 Å². The van der Waals surface area contributed by atoms with Gasteiger partial charge < -0.3 is 10.5 Å². The highest BCUT2D eigenvalue weighted by molar-refractivity contribution is 5.37. The molecule has 3 nitrogen and oxygen atoms in total. The summed E-state index contributed by atoms with van der Waals surface area (Å²) >= 11 is 0. The quantitative estimate of drug-likeness (QED) is 0.916. The summed E-state index contributed by atoms with van der Waals surface area (Å²) in [6.45, 7) is 2.45. The van der Waals surface area contributed by atoms with Crippen molar-refractivity contribution in [2.75, 3.05) is 13.6 Å². The van der Waals surface area contributed by atoms with Gasteiger partial charge in [0, 0.05) is 26.1 Å². The van der Waals surface area contributed by atoms with Gasteiger partial charge in [0.05, 0.1) is 0 Å². The van der Waals surface area contributed by atoms with E-state index < -0.39 is 0 Å². The average Bonchev–Trinajstić information content (AvgIpc) is 2.89. The number of fused-ring (bicyclic) bond motifs is 1. The number of hydrogen-bond acceptors (Lipinski definition) is 3. The van der Waals surface area contributed by atoms with E-state index in [1.165, 1.54) is 16.7 Å². The lowest BCUT2D eigenvalue weighted by atomic mass is 10.1. The second kappa shape index (κ2) is 6.29. The summed E-state index contributed by atoms with van der Waals surface area (Å²) in [4.78, 5) is 2.31. The molecule has 1 aliphatic heterocycles. The smallest absolute Gasteiger partial charge is 0.123 e. The van der Waals surface area contributed by atoms with E-state index in [1.54, 1.807) is 0 Å². The Morgan fingerprint density at radius 2 is 1.95 bits per heavy atom. The molecule has 1 atom stereocenters. The predicted octanol–water partition coefficient (Wildman–Crippen LogP) is 2.58. The average molecular weight is 282 g/mol. The summed E-state index contributed by atoms with van der Waals surface area (Å²) in [6.07, 6.45) is 1.26. The monoisotopic (exact) mass is 282 g/mol. The molecular weight excluding hydrogens is 260 g/mol. The highest BCUT2D eigenvalue weighted by atomic mass is 16.5. The number of hydrogen-bond donors (Lipinski definition) is 1. The van der Waals surface area contributed by atoms with Crippen LogP contribution in [0.5, 0.6) is 5.75 Å². The van der Waals surface area contributed by atoms with Gasteiger partial charge in [-0.25, -0.2) is 0 Å². The molecule has 2 aromatic carbocycles. The minimum Gasteiger partial charge on any atom is -0.488 e. The van der Waals surface area contributed by atoms with Gasteiger partial charge >= 0.3 is 0 Å².